The predicted octanol–water partition coefficient (Wildman–Crippen LogP) is 1.03. The molecule has 6 heteroatoms. The van der Waals surface area contributed by atoms with Crippen LogP contribution in [0.1, 0.15) is 26.5 Å². The van der Waals surface area contributed by atoms with Gasteiger partial charge in [-0.3, -0.25) is 9.48 Å². The second-order valence-electron chi connectivity index (χ2n) is 4.29. The molecule has 0 aromatic carbocycles. The van der Waals surface area contributed by atoms with Gasteiger partial charge in [-0.25, -0.2) is 0 Å². The predicted molar refractivity (Wildman–Crippen MR) is 79.4 cm³/mol. The average molecular weight is 288 g/mol. The van der Waals surface area contributed by atoms with Gasteiger partial charge in [0.05, 0.1) is 24.3 Å². The molecular weight excluding hydrogens is 272 g/mol. The summed E-state index contributed by atoms with van der Waals surface area (Å²) >= 11 is 1.57. The van der Waals surface area contributed by atoms with Crippen molar-refractivity contribution in [3.8, 4) is 11.8 Å². The number of thiophene rings is 1. The summed E-state index contributed by atoms with van der Waals surface area (Å²) in [4.78, 5) is 13.1. The van der Waals surface area contributed by atoms with Gasteiger partial charge in [-0.2, -0.15) is 5.10 Å². The van der Waals surface area contributed by atoms with Crippen LogP contribution in [0.5, 0.6) is 0 Å². The number of carbonyl (C=O) groups is 1. The Balaban J connectivity index is 1.96. The van der Waals surface area contributed by atoms with E-state index in [1.165, 1.54) is 0 Å². The number of hydrogen-bond donors (Lipinski definition) is 2. The van der Waals surface area contributed by atoms with Crippen LogP contribution in [0.4, 0.5) is 0 Å². The molecule has 0 radical (unpaired) electrons. The number of hydrogen-bond acceptors (Lipinski definition) is 4. The summed E-state index contributed by atoms with van der Waals surface area (Å²) in [5.74, 6) is 5.66. The van der Waals surface area contributed by atoms with Crippen molar-refractivity contribution in [2.45, 2.75) is 13.5 Å². The summed E-state index contributed by atoms with van der Waals surface area (Å²) in [5.41, 5.74) is 7.59. The molecular formula is C14H16N4OS. The molecule has 0 saturated carbocycles. The van der Waals surface area contributed by atoms with Gasteiger partial charge in [0, 0.05) is 29.1 Å². The number of nitrogens with two attached hydrogens (primary N) is 1. The molecule has 0 atom stereocenters. The Morgan fingerprint density at radius 1 is 1.60 bits per heavy atom. The molecule has 0 spiro atoms. The maximum absolute atomic E-state index is 12.0. The zero-order valence-corrected chi connectivity index (χ0v) is 12.3. The van der Waals surface area contributed by atoms with E-state index in [4.69, 9.17) is 5.73 Å². The fourth-order valence-electron chi connectivity index (χ4n) is 1.78. The van der Waals surface area contributed by atoms with Gasteiger partial charge < -0.3 is 11.1 Å². The van der Waals surface area contributed by atoms with Crippen molar-refractivity contribution in [1.82, 2.24) is 15.1 Å². The number of nitrogens with zero attached hydrogens (tertiary/aromatic N) is 2. The number of nitrogens with one attached hydrogen (secondary N) is 1. The summed E-state index contributed by atoms with van der Waals surface area (Å²) in [6.45, 7) is 2.66. The third kappa shape index (κ3) is 3.47. The van der Waals surface area contributed by atoms with Crippen LogP contribution < -0.4 is 11.1 Å². The Bertz CT molecular complexity index is 675. The molecule has 0 aliphatic heterocycles. The van der Waals surface area contributed by atoms with E-state index < -0.39 is 0 Å². The van der Waals surface area contributed by atoms with E-state index in [0.29, 0.717) is 18.7 Å². The Labute approximate surface area is 121 Å². The van der Waals surface area contributed by atoms with Gasteiger partial charge in [-0.1, -0.05) is 11.8 Å². The van der Waals surface area contributed by atoms with Crippen LogP contribution in [0.3, 0.4) is 0 Å². The highest BCUT2D eigenvalue weighted by molar-refractivity contribution is 7.10. The van der Waals surface area contributed by atoms with Crippen molar-refractivity contribution in [2.24, 2.45) is 12.8 Å². The van der Waals surface area contributed by atoms with Crippen molar-refractivity contribution in [3.05, 3.63) is 39.3 Å². The highest BCUT2D eigenvalue weighted by Crippen LogP contribution is 2.14. The zero-order chi connectivity index (χ0) is 14.5. The second-order valence-corrected chi connectivity index (χ2v) is 5.29. The minimum Gasteiger partial charge on any atom is -0.347 e. The van der Waals surface area contributed by atoms with E-state index in [9.17, 15) is 4.79 Å². The van der Waals surface area contributed by atoms with Gasteiger partial charge in [0.25, 0.3) is 5.91 Å². The molecule has 104 valence electrons. The molecule has 0 unspecified atom stereocenters. The molecule has 0 bridgehead atoms. The van der Waals surface area contributed by atoms with Crippen molar-refractivity contribution >= 4 is 17.2 Å². The standard InChI is InChI=1S/C14H16N4OS/c1-10-13(8-18(2)17-10)14(19)16-7-12-6-11(9-20-12)4-3-5-15/h6,8-9H,5,7,15H2,1-2H3,(H,16,19). The maximum Gasteiger partial charge on any atom is 0.255 e. The first kappa shape index (κ1) is 14.3. The minimum atomic E-state index is -0.112. The lowest BCUT2D eigenvalue weighted by Crippen LogP contribution is -2.22. The quantitative estimate of drug-likeness (QED) is 0.829. The molecule has 0 aliphatic rings. The molecule has 2 aromatic heterocycles. The Hall–Kier alpha value is -2.10. The Morgan fingerprint density at radius 3 is 3.05 bits per heavy atom. The summed E-state index contributed by atoms with van der Waals surface area (Å²) in [7, 11) is 1.80. The van der Waals surface area contributed by atoms with Crippen molar-refractivity contribution in [1.29, 1.82) is 0 Å². The van der Waals surface area contributed by atoms with Crippen molar-refractivity contribution in [2.75, 3.05) is 6.54 Å². The second kappa shape index (κ2) is 6.37. The minimum absolute atomic E-state index is 0.112. The molecule has 5 nitrogen and oxygen atoms in total. The SMILES string of the molecule is Cc1nn(C)cc1C(=O)NCc1cc(C#CCN)cs1. The number of rotatable bonds is 3. The van der Waals surface area contributed by atoms with E-state index in [0.717, 1.165) is 16.1 Å². The normalized spacial score (nSPS) is 9.95. The molecule has 20 heavy (non-hydrogen) atoms. The van der Waals surface area contributed by atoms with Gasteiger partial charge in [-0.15, -0.1) is 11.3 Å². The number of aryl methyl sites for hydroxylation is 2. The first-order chi connectivity index (χ1) is 9.60. The van der Waals surface area contributed by atoms with Gasteiger partial charge in [0.1, 0.15) is 0 Å². The molecule has 0 aliphatic carbocycles. The first-order valence-corrected chi connectivity index (χ1v) is 7.03. The Morgan fingerprint density at radius 2 is 2.40 bits per heavy atom. The van der Waals surface area contributed by atoms with E-state index in [2.05, 4.69) is 22.3 Å². The summed E-state index contributed by atoms with van der Waals surface area (Å²) < 4.78 is 1.63. The molecule has 3 N–H and O–H groups in total. The third-order valence-electron chi connectivity index (χ3n) is 2.67. The van der Waals surface area contributed by atoms with Crippen LogP contribution in [-0.4, -0.2) is 22.2 Å². The smallest absolute Gasteiger partial charge is 0.255 e. The van der Waals surface area contributed by atoms with Gasteiger partial charge in [0.15, 0.2) is 0 Å². The molecule has 0 saturated heterocycles. The van der Waals surface area contributed by atoms with E-state index in [-0.39, 0.29) is 5.91 Å². The summed E-state index contributed by atoms with van der Waals surface area (Å²) in [6, 6.07) is 1.96. The lowest BCUT2D eigenvalue weighted by molar-refractivity contribution is 0.0950. The molecule has 2 heterocycles. The fourth-order valence-corrected chi connectivity index (χ4v) is 2.53. The highest BCUT2D eigenvalue weighted by atomic mass is 32.1. The number of amides is 1. The lowest BCUT2D eigenvalue weighted by atomic mass is 10.2. The lowest BCUT2D eigenvalue weighted by Gasteiger charge is -2.01. The molecule has 1 amide bonds. The van der Waals surface area contributed by atoms with Crippen molar-refractivity contribution in [3.63, 3.8) is 0 Å². The Kier molecular flexibility index (Phi) is 4.56. The van der Waals surface area contributed by atoms with Crippen LogP contribution in [-0.2, 0) is 13.6 Å². The molecule has 0 fully saturated rings. The topological polar surface area (TPSA) is 72.9 Å². The molecule has 2 rings (SSSR count). The fraction of sp³-hybridized carbons (Fsp3) is 0.286. The van der Waals surface area contributed by atoms with E-state index in [1.54, 1.807) is 29.3 Å². The monoisotopic (exact) mass is 288 g/mol. The third-order valence-corrected chi connectivity index (χ3v) is 3.61. The molecule has 2 aromatic rings. The summed E-state index contributed by atoms with van der Waals surface area (Å²) in [5, 5.41) is 9.00. The van der Waals surface area contributed by atoms with Crippen LogP contribution in [0, 0.1) is 18.8 Å². The van der Waals surface area contributed by atoms with E-state index >= 15 is 0 Å². The highest BCUT2D eigenvalue weighted by Gasteiger charge is 2.12. The zero-order valence-electron chi connectivity index (χ0n) is 11.4. The van der Waals surface area contributed by atoms with Crippen LogP contribution in [0.2, 0.25) is 0 Å². The van der Waals surface area contributed by atoms with Gasteiger partial charge >= 0.3 is 0 Å². The first-order valence-electron chi connectivity index (χ1n) is 6.15. The maximum atomic E-state index is 12.0. The van der Waals surface area contributed by atoms with Gasteiger partial charge in [-0.05, 0) is 13.0 Å². The van der Waals surface area contributed by atoms with Crippen LogP contribution in [0.15, 0.2) is 17.6 Å². The van der Waals surface area contributed by atoms with Crippen LogP contribution >= 0.6 is 11.3 Å². The number of aromatic nitrogens is 2. The largest absolute Gasteiger partial charge is 0.347 e. The number of carbonyl (C=O) groups excluding carboxylic acids is 1. The van der Waals surface area contributed by atoms with Gasteiger partial charge in [0.2, 0.25) is 0 Å². The van der Waals surface area contributed by atoms with E-state index in [1.807, 2.05) is 18.4 Å². The van der Waals surface area contributed by atoms with Crippen LogP contribution in [0.25, 0.3) is 0 Å². The summed E-state index contributed by atoms with van der Waals surface area (Å²) in [6.07, 6.45) is 1.72. The average Bonchev–Trinajstić information content (AvgIpc) is 3.00. The van der Waals surface area contributed by atoms with Crippen molar-refractivity contribution < 1.29 is 4.79 Å².